The van der Waals surface area contributed by atoms with E-state index >= 15 is 0 Å². The summed E-state index contributed by atoms with van der Waals surface area (Å²) in [4.78, 5) is 11.5. The topological polar surface area (TPSA) is 29.1 Å². The van der Waals surface area contributed by atoms with E-state index in [9.17, 15) is 4.79 Å². The van der Waals surface area contributed by atoms with Crippen molar-refractivity contribution in [2.45, 2.75) is 74.9 Å². The summed E-state index contributed by atoms with van der Waals surface area (Å²) in [6, 6.07) is 0.683. The van der Waals surface area contributed by atoms with E-state index < -0.39 is 0 Å². The molecule has 2 nitrogen and oxygen atoms in total. The molecular formula is C14H33BNO. The number of hydrogen-bond acceptors (Lipinski definition) is 2. The first-order chi connectivity index (χ1) is 7.04. The van der Waals surface area contributed by atoms with Crippen molar-refractivity contribution < 1.29 is 4.79 Å². The van der Waals surface area contributed by atoms with Crippen molar-refractivity contribution in [1.82, 2.24) is 5.32 Å². The van der Waals surface area contributed by atoms with Crippen LogP contribution < -0.4 is 5.32 Å². The summed E-state index contributed by atoms with van der Waals surface area (Å²) in [6.07, 6.45) is 0. The van der Waals surface area contributed by atoms with Crippen LogP contribution in [0.2, 0.25) is 0 Å². The number of Topliss-reactive ketones (excluding diaryl/α,β-unsaturated/α-hetero) is 1. The standard InChI is InChI=1S/C9H17NO.2C2H6.CH4.B/c1-5-7(3)10-8(4)6(2)9(5)11;2*1-2;;/h5-8,10H,1-4H3;2*1-2H3;1H4;. The Labute approximate surface area is 112 Å². The van der Waals surface area contributed by atoms with Crippen molar-refractivity contribution in [2.24, 2.45) is 11.8 Å². The molecule has 4 unspecified atom stereocenters. The highest BCUT2D eigenvalue weighted by Gasteiger charge is 2.34. The van der Waals surface area contributed by atoms with Gasteiger partial charge in [-0.15, -0.1) is 0 Å². The van der Waals surface area contributed by atoms with Crippen LogP contribution in [-0.4, -0.2) is 26.3 Å². The van der Waals surface area contributed by atoms with Crippen molar-refractivity contribution in [3.63, 3.8) is 0 Å². The Kier molecular flexibility index (Phi) is 20.7. The summed E-state index contributed by atoms with van der Waals surface area (Å²) >= 11 is 0. The second kappa shape index (κ2) is 13.8. The molecular weight excluding hydrogens is 209 g/mol. The molecule has 1 rings (SSSR count). The maximum Gasteiger partial charge on any atom is 0.141 e. The van der Waals surface area contributed by atoms with Gasteiger partial charge in [0.15, 0.2) is 0 Å². The highest BCUT2D eigenvalue weighted by atomic mass is 16.1. The minimum atomic E-state index is 0. The van der Waals surface area contributed by atoms with Gasteiger partial charge < -0.3 is 5.32 Å². The van der Waals surface area contributed by atoms with Crippen LogP contribution in [0, 0.1) is 11.8 Å². The number of rotatable bonds is 0. The van der Waals surface area contributed by atoms with Gasteiger partial charge in [-0.3, -0.25) is 4.79 Å². The van der Waals surface area contributed by atoms with Gasteiger partial charge in [-0.25, -0.2) is 0 Å². The molecule has 1 aliphatic heterocycles. The lowest BCUT2D eigenvalue weighted by Gasteiger charge is -2.35. The fourth-order valence-corrected chi connectivity index (χ4v) is 1.61. The third kappa shape index (κ3) is 7.59. The van der Waals surface area contributed by atoms with Gasteiger partial charge in [0.25, 0.3) is 0 Å². The summed E-state index contributed by atoms with van der Waals surface area (Å²) in [7, 11) is 0. The maximum atomic E-state index is 11.5. The van der Waals surface area contributed by atoms with Crippen LogP contribution in [0.5, 0.6) is 0 Å². The highest BCUT2D eigenvalue weighted by Crippen LogP contribution is 2.20. The van der Waals surface area contributed by atoms with E-state index in [1.165, 1.54) is 0 Å². The highest BCUT2D eigenvalue weighted by molar-refractivity contribution is 5.84. The number of piperidine rings is 1. The number of carbonyl (C=O) groups excluding carboxylic acids is 1. The van der Waals surface area contributed by atoms with Gasteiger partial charge in [0.2, 0.25) is 0 Å². The van der Waals surface area contributed by atoms with Crippen LogP contribution in [0.25, 0.3) is 0 Å². The monoisotopic (exact) mass is 242 g/mol. The van der Waals surface area contributed by atoms with Crippen LogP contribution in [0.15, 0.2) is 0 Å². The first-order valence-corrected chi connectivity index (χ1v) is 6.33. The molecule has 17 heavy (non-hydrogen) atoms. The summed E-state index contributed by atoms with van der Waals surface area (Å²) in [5.41, 5.74) is 0. The Bertz CT molecular complexity index is 158. The molecule has 0 spiro atoms. The van der Waals surface area contributed by atoms with E-state index in [0.717, 1.165) is 0 Å². The Morgan fingerprint density at radius 2 is 1.06 bits per heavy atom. The first kappa shape index (κ1) is 25.5. The molecule has 0 saturated carbocycles. The zero-order valence-corrected chi connectivity index (χ0v) is 12.3. The summed E-state index contributed by atoms with van der Waals surface area (Å²) < 4.78 is 0. The van der Waals surface area contributed by atoms with E-state index in [-0.39, 0.29) is 27.7 Å². The van der Waals surface area contributed by atoms with E-state index in [1.54, 1.807) is 0 Å². The molecule has 3 heteroatoms. The zero-order valence-electron chi connectivity index (χ0n) is 12.3. The molecule has 1 saturated heterocycles. The molecule has 3 radical (unpaired) electrons. The molecule has 0 amide bonds. The summed E-state index contributed by atoms with van der Waals surface area (Å²) in [5, 5.41) is 3.39. The SMILES string of the molecule is C.CC.CC.CC1NC(C)C(C)C(=O)C1C.[B]. The largest absolute Gasteiger partial charge is 0.310 e. The molecule has 0 aromatic rings. The summed E-state index contributed by atoms with van der Waals surface area (Å²) in [6.45, 7) is 16.2. The minimum Gasteiger partial charge on any atom is -0.310 e. The van der Waals surface area contributed by atoms with Crippen LogP contribution >= 0.6 is 0 Å². The molecule has 103 valence electrons. The smallest absolute Gasteiger partial charge is 0.141 e. The van der Waals surface area contributed by atoms with Crippen molar-refractivity contribution in [3.05, 3.63) is 0 Å². The quantitative estimate of drug-likeness (QED) is 0.658. The van der Waals surface area contributed by atoms with E-state index in [1.807, 2.05) is 41.5 Å². The van der Waals surface area contributed by atoms with Gasteiger partial charge >= 0.3 is 0 Å². The van der Waals surface area contributed by atoms with E-state index in [4.69, 9.17) is 0 Å². The third-order valence-corrected chi connectivity index (χ3v) is 2.92. The van der Waals surface area contributed by atoms with Crippen molar-refractivity contribution in [3.8, 4) is 0 Å². The Balaban J connectivity index is -0.000000128. The molecule has 0 aromatic carbocycles. The first-order valence-electron chi connectivity index (χ1n) is 6.33. The predicted molar refractivity (Wildman–Crippen MR) is 80.6 cm³/mol. The lowest BCUT2D eigenvalue weighted by Crippen LogP contribution is -2.53. The third-order valence-electron chi connectivity index (χ3n) is 2.92. The van der Waals surface area contributed by atoms with Crippen LogP contribution in [0.4, 0.5) is 0 Å². The van der Waals surface area contributed by atoms with E-state index in [0.29, 0.717) is 17.9 Å². The van der Waals surface area contributed by atoms with Crippen LogP contribution in [0.3, 0.4) is 0 Å². The average molecular weight is 242 g/mol. The van der Waals surface area contributed by atoms with Gasteiger partial charge in [-0.2, -0.15) is 0 Å². The van der Waals surface area contributed by atoms with Crippen molar-refractivity contribution in [1.29, 1.82) is 0 Å². The minimum absolute atomic E-state index is 0. The Morgan fingerprint density at radius 3 is 1.29 bits per heavy atom. The van der Waals surface area contributed by atoms with Gasteiger partial charge in [-0.05, 0) is 13.8 Å². The molecule has 0 aliphatic carbocycles. The zero-order chi connectivity index (χ0) is 12.6. The Morgan fingerprint density at radius 1 is 0.824 bits per heavy atom. The molecule has 1 heterocycles. The Hall–Kier alpha value is -0.305. The van der Waals surface area contributed by atoms with Crippen molar-refractivity contribution in [2.75, 3.05) is 0 Å². The summed E-state index contributed by atoms with van der Waals surface area (Å²) in [5.74, 6) is 0.770. The second-order valence-corrected chi connectivity index (χ2v) is 3.72. The second-order valence-electron chi connectivity index (χ2n) is 3.72. The van der Waals surface area contributed by atoms with Gasteiger partial charge in [0.1, 0.15) is 5.78 Å². The number of nitrogens with one attached hydrogen (secondary N) is 1. The maximum absolute atomic E-state index is 11.5. The molecule has 1 N–H and O–H groups in total. The fourth-order valence-electron chi connectivity index (χ4n) is 1.61. The van der Waals surface area contributed by atoms with E-state index in [2.05, 4.69) is 19.2 Å². The number of ketones is 1. The number of hydrogen-bond donors (Lipinski definition) is 1. The molecule has 4 atom stereocenters. The lowest BCUT2D eigenvalue weighted by atomic mass is 9.82. The predicted octanol–water partition coefficient (Wildman–Crippen LogP) is 3.52. The van der Waals surface area contributed by atoms with Crippen LogP contribution in [0.1, 0.15) is 62.8 Å². The number of carbonyl (C=O) groups is 1. The molecule has 1 fully saturated rings. The van der Waals surface area contributed by atoms with Gasteiger partial charge in [0.05, 0.1) is 0 Å². The van der Waals surface area contributed by atoms with Gasteiger partial charge in [0, 0.05) is 32.3 Å². The molecule has 0 bridgehead atoms. The lowest BCUT2D eigenvalue weighted by molar-refractivity contribution is -0.129. The van der Waals surface area contributed by atoms with Crippen molar-refractivity contribution >= 4 is 14.2 Å². The fraction of sp³-hybridized carbons (Fsp3) is 0.929. The molecule has 1 aliphatic rings. The average Bonchev–Trinajstić information content (AvgIpc) is 2.29. The van der Waals surface area contributed by atoms with Crippen LogP contribution in [-0.2, 0) is 4.79 Å². The molecule has 0 aromatic heterocycles. The van der Waals surface area contributed by atoms with Gasteiger partial charge in [-0.1, -0.05) is 49.0 Å². The normalized spacial score (nSPS) is 30.5.